The molecule has 1 aromatic heterocycles. The molecule has 8 nitrogen and oxygen atoms in total. The van der Waals surface area contributed by atoms with Crippen molar-refractivity contribution in [1.29, 1.82) is 0 Å². The third-order valence-corrected chi connectivity index (χ3v) is 7.73. The highest BCUT2D eigenvalue weighted by Gasteiger charge is 2.33. The van der Waals surface area contributed by atoms with Crippen LogP contribution in [0.25, 0.3) is 0 Å². The van der Waals surface area contributed by atoms with E-state index < -0.39 is 22.3 Å². The molecule has 0 amide bonds. The van der Waals surface area contributed by atoms with Gasteiger partial charge < -0.3 is 14.2 Å². The van der Waals surface area contributed by atoms with Gasteiger partial charge in [0.25, 0.3) is 0 Å². The summed E-state index contributed by atoms with van der Waals surface area (Å²) in [6.07, 6.45) is 5.12. The van der Waals surface area contributed by atoms with E-state index in [1.807, 2.05) is 4.90 Å². The van der Waals surface area contributed by atoms with Crippen LogP contribution in [-0.2, 0) is 16.5 Å². The fourth-order valence-corrected chi connectivity index (χ4v) is 5.36. The molecule has 33 heavy (non-hydrogen) atoms. The maximum absolute atomic E-state index is 14.2. The van der Waals surface area contributed by atoms with E-state index in [0.29, 0.717) is 24.6 Å². The van der Waals surface area contributed by atoms with Gasteiger partial charge in [-0.25, -0.2) is 17.2 Å². The molecule has 1 aromatic carbocycles. The summed E-state index contributed by atoms with van der Waals surface area (Å²) in [5.74, 6) is -0.150. The fourth-order valence-electron chi connectivity index (χ4n) is 4.73. The number of hydrogen-bond donors (Lipinski definition) is 0. The molecule has 1 aliphatic carbocycles. The van der Waals surface area contributed by atoms with Crippen LogP contribution in [0.1, 0.15) is 38.4 Å². The molecule has 4 rings (SSSR count). The molecule has 2 aromatic rings. The van der Waals surface area contributed by atoms with E-state index in [0.717, 1.165) is 57.6 Å². The third-order valence-electron chi connectivity index (χ3n) is 6.62. The molecule has 1 saturated carbocycles. The van der Waals surface area contributed by atoms with Gasteiger partial charge in [0, 0.05) is 38.0 Å². The summed E-state index contributed by atoms with van der Waals surface area (Å²) in [4.78, 5) is 8.58. The number of halogens is 2. The number of sulfone groups is 1. The topological polar surface area (TPSA) is 88.8 Å². The lowest BCUT2D eigenvalue weighted by Crippen LogP contribution is -2.55. The van der Waals surface area contributed by atoms with E-state index >= 15 is 0 Å². The Morgan fingerprint density at radius 3 is 2.58 bits per heavy atom. The van der Waals surface area contributed by atoms with Gasteiger partial charge in [-0.3, -0.25) is 4.90 Å². The van der Waals surface area contributed by atoms with E-state index in [1.54, 1.807) is 0 Å². The molecule has 1 saturated heterocycles. The highest BCUT2D eigenvalue weighted by atomic mass is 32.2. The van der Waals surface area contributed by atoms with E-state index in [4.69, 9.17) is 9.26 Å². The van der Waals surface area contributed by atoms with Crippen LogP contribution >= 0.6 is 0 Å². The lowest BCUT2D eigenvalue weighted by Gasteiger charge is -2.44. The molecule has 11 heteroatoms. The molecule has 0 unspecified atom stereocenters. The second kappa shape index (κ2) is 9.92. The third kappa shape index (κ3) is 5.63. The number of benzene rings is 1. The van der Waals surface area contributed by atoms with Gasteiger partial charge >= 0.3 is 6.01 Å². The molecule has 1 atom stereocenters. The van der Waals surface area contributed by atoms with Gasteiger partial charge in [0.1, 0.15) is 0 Å². The highest BCUT2D eigenvalue weighted by Crippen LogP contribution is 2.31. The van der Waals surface area contributed by atoms with Crippen molar-refractivity contribution in [3.05, 3.63) is 29.8 Å². The van der Waals surface area contributed by atoms with Crippen molar-refractivity contribution >= 4 is 15.9 Å². The number of aromatic nitrogens is 2. The zero-order chi connectivity index (χ0) is 23.6. The minimum Gasteiger partial charge on any atom is -0.490 e. The van der Waals surface area contributed by atoms with Crippen LogP contribution < -0.4 is 9.64 Å². The summed E-state index contributed by atoms with van der Waals surface area (Å²) >= 11 is 0. The van der Waals surface area contributed by atoms with E-state index in [-0.39, 0.29) is 22.5 Å². The molecule has 2 fully saturated rings. The van der Waals surface area contributed by atoms with Crippen LogP contribution in [-0.4, -0.2) is 68.0 Å². The normalized spacial score (nSPS) is 24.7. The number of nitrogens with zero attached hydrogens (tertiary/aromatic N) is 4. The summed E-state index contributed by atoms with van der Waals surface area (Å²) in [6, 6.07) is 4.82. The number of alkyl halides is 1. The molecule has 2 heterocycles. The molecule has 0 bridgehead atoms. The van der Waals surface area contributed by atoms with Gasteiger partial charge in [-0.05, 0) is 56.7 Å². The number of rotatable bonds is 7. The van der Waals surface area contributed by atoms with Gasteiger partial charge in [0.2, 0.25) is 5.82 Å². The Labute approximate surface area is 192 Å². The van der Waals surface area contributed by atoms with Crippen LogP contribution in [0.15, 0.2) is 27.6 Å². The van der Waals surface area contributed by atoms with E-state index in [1.165, 1.54) is 12.1 Å². The molecule has 0 spiro atoms. The lowest BCUT2D eigenvalue weighted by atomic mass is 9.85. The summed E-state index contributed by atoms with van der Waals surface area (Å²) in [5.41, 5.74) is 0. The standard InChI is InChI=1S/C22H30F2N4O4S/c1-15-13-27(9-10-28(15)22-25-21(12-23)26-32-22)17-5-3-16(4-6-17)14-31-20-8-7-18(11-19(20)24)33(2,29)30/h7-8,11,15-17H,3-6,9-10,12-14H2,1-2H3/t15-,16?,17?/m0/s1. The molecule has 0 N–H and O–H groups in total. The van der Waals surface area contributed by atoms with E-state index in [2.05, 4.69) is 22.0 Å². The molecule has 182 valence electrons. The first-order valence-corrected chi connectivity index (χ1v) is 13.2. The molecule has 0 radical (unpaired) electrons. The Bertz CT molecular complexity index is 1060. The van der Waals surface area contributed by atoms with Gasteiger partial charge in [-0.1, -0.05) is 5.16 Å². The monoisotopic (exact) mass is 484 g/mol. The first-order chi connectivity index (χ1) is 15.7. The SMILES string of the molecule is C[C@H]1CN(C2CCC(COc3ccc(S(C)(=O)=O)cc3F)CC2)CCN1c1nc(CF)no1. The van der Waals surface area contributed by atoms with E-state index in [9.17, 15) is 17.2 Å². The summed E-state index contributed by atoms with van der Waals surface area (Å²) in [6.45, 7) is 4.29. The highest BCUT2D eigenvalue weighted by molar-refractivity contribution is 7.90. The van der Waals surface area contributed by atoms with Crippen LogP contribution in [0.4, 0.5) is 14.8 Å². The molecular formula is C22H30F2N4O4S. The van der Waals surface area contributed by atoms with Gasteiger partial charge in [0.05, 0.1) is 11.5 Å². The predicted octanol–water partition coefficient (Wildman–Crippen LogP) is 3.23. The van der Waals surface area contributed by atoms with Crippen LogP contribution in [0.3, 0.4) is 0 Å². The second-order valence-electron chi connectivity index (χ2n) is 9.01. The van der Waals surface area contributed by atoms with Crippen molar-refractivity contribution < 1.29 is 26.5 Å². The Hall–Kier alpha value is -2.27. The van der Waals surface area contributed by atoms with Crippen molar-refractivity contribution in [3.8, 4) is 5.75 Å². The van der Waals surface area contributed by atoms with Crippen LogP contribution in [0.2, 0.25) is 0 Å². The summed E-state index contributed by atoms with van der Waals surface area (Å²) < 4.78 is 60.9. The van der Waals surface area contributed by atoms with Crippen molar-refractivity contribution in [3.63, 3.8) is 0 Å². The van der Waals surface area contributed by atoms with Gasteiger partial charge in [-0.2, -0.15) is 4.98 Å². The largest absolute Gasteiger partial charge is 0.490 e. The number of anilines is 1. The second-order valence-corrected chi connectivity index (χ2v) is 11.0. The first-order valence-electron chi connectivity index (χ1n) is 11.3. The van der Waals surface area contributed by atoms with Crippen LogP contribution in [0.5, 0.6) is 5.75 Å². The lowest BCUT2D eigenvalue weighted by molar-refractivity contribution is 0.0986. The smallest absolute Gasteiger partial charge is 0.324 e. The average molecular weight is 485 g/mol. The quantitative estimate of drug-likeness (QED) is 0.592. The number of ether oxygens (including phenoxy) is 1. The Morgan fingerprint density at radius 1 is 1.21 bits per heavy atom. The summed E-state index contributed by atoms with van der Waals surface area (Å²) in [7, 11) is -3.45. The molecule has 2 aliphatic rings. The van der Waals surface area contributed by atoms with Gasteiger partial charge in [0.15, 0.2) is 28.1 Å². The van der Waals surface area contributed by atoms with Crippen molar-refractivity contribution in [2.75, 3.05) is 37.4 Å². The zero-order valence-corrected chi connectivity index (χ0v) is 19.7. The summed E-state index contributed by atoms with van der Waals surface area (Å²) in [5, 5.41) is 3.64. The number of piperazine rings is 1. The maximum atomic E-state index is 14.2. The predicted molar refractivity (Wildman–Crippen MR) is 118 cm³/mol. The molecular weight excluding hydrogens is 454 g/mol. The van der Waals surface area contributed by atoms with Crippen molar-refractivity contribution in [2.24, 2.45) is 5.92 Å². The van der Waals surface area contributed by atoms with Crippen molar-refractivity contribution in [1.82, 2.24) is 15.0 Å². The minimum atomic E-state index is -3.45. The average Bonchev–Trinajstić information content (AvgIpc) is 3.27. The number of hydrogen-bond acceptors (Lipinski definition) is 8. The van der Waals surface area contributed by atoms with Crippen molar-refractivity contribution in [2.45, 2.75) is 56.3 Å². The fraction of sp³-hybridized carbons (Fsp3) is 0.636. The molecule has 1 aliphatic heterocycles. The first kappa shape index (κ1) is 23.9. The zero-order valence-electron chi connectivity index (χ0n) is 18.9. The Kier molecular flexibility index (Phi) is 7.18. The Morgan fingerprint density at radius 2 is 1.97 bits per heavy atom. The maximum Gasteiger partial charge on any atom is 0.324 e. The van der Waals surface area contributed by atoms with Crippen LogP contribution in [0, 0.1) is 11.7 Å². The Balaban J connectivity index is 1.24. The minimum absolute atomic E-state index is 0.0517. The van der Waals surface area contributed by atoms with Gasteiger partial charge in [-0.15, -0.1) is 0 Å².